The van der Waals surface area contributed by atoms with Gasteiger partial charge in [0.05, 0.1) is 10.5 Å². The van der Waals surface area contributed by atoms with Crippen LogP contribution in [0, 0.1) is 10.1 Å². The molecule has 0 saturated carbocycles. The van der Waals surface area contributed by atoms with Crippen molar-refractivity contribution < 1.29 is 32.4 Å². The Labute approximate surface area is 162 Å². The average molecular weight is 411 g/mol. The predicted molar refractivity (Wildman–Crippen MR) is 96.0 cm³/mol. The number of rotatable bonds is 6. The molecule has 0 saturated heterocycles. The summed E-state index contributed by atoms with van der Waals surface area (Å²) >= 11 is 0. The summed E-state index contributed by atoms with van der Waals surface area (Å²) < 4.78 is 49.1. The first kappa shape index (κ1) is 20.2. The number of para-hydroxylation sites is 2. The van der Waals surface area contributed by atoms with Crippen molar-refractivity contribution in [3.05, 3.63) is 58.1 Å². The number of carbonyl (C=O) groups excluding carboxylic acids is 1. The number of anilines is 1. The average Bonchev–Trinajstić information content (AvgIpc) is 2.69. The molecule has 11 heteroatoms. The Kier molecular flexibility index (Phi) is 5.76. The summed E-state index contributed by atoms with van der Waals surface area (Å²) in [5.74, 6) is 0.536. The van der Waals surface area contributed by atoms with Crippen molar-refractivity contribution in [1.82, 2.24) is 5.32 Å². The third-order valence-electron chi connectivity index (χ3n) is 4.06. The van der Waals surface area contributed by atoms with E-state index in [1.165, 1.54) is 0 Å². The Hall–Kier alpha value is -3.50. The Bertz CT molecular complexity index is 920. The molecule has 1 heterocycles. The van der Waals surface area contributed by atoms with Gasteiger partial charge in [0.25, 0.3) is 11.6 Å². The maximum atomic E-state index is 12.7. The van der Waals surface area contributed by atoms with E-state index in [0.29, 0.717) is 17.6 Å². The second-order valence-corrected chi connectivity index (χ2v) is 6.07. The zero-order valence-electron chi connectivity index (χ0n) is 14.9. The van der Waals surface area contributed by atoms with Gasteiger partial charge in [-0.3, -0.25) is 14.9 Å². The van der Waals surface area contributed by atoms with E-state index in [9.17, 15) is 28.1 Å². The molecule has 8 nitrogen and oxygen atoms in total. The highest BCUT2D eigenvalue weighted by Gasteiger charge is 2.33. The fourth-order valence-corrected chi connectivity index (χ4v) is 2.65. The highest BCUT2D eigenvalue weighted by molar-refractivity contribution is 5.81. The van der Waals surface area contributed by atoms with E-state index in [0.717, 1.165) is 12.1 Å². The fraction of sp³-hybridized carbons (Fsp3) is 0.278. The summed E-state index contributed by atoms with van der Waals surface area (Å²) in [6, 6.07) is 9.09. The zero-order valence-corrected chi connectivity index (χ0v) is 14.9. The number of hydrogen-bond donors (Lipinski definition) is 2. The summed E-state index contributed by atoms with van der Waals surface area (Å²) in [6.45, 7) is 0.154. The second-order valence-electron chi connectivity index (χ2n) is 6.07. The first-order valence-corrected chi connectivity index (χ1v) is 8.51. The van der Waals surface area contributed by atoms with Gasteiger partial charge in [-0.2, -0.15) is 13.2 Å². The second kappa shape index (κ2) is 8.25. The third-order valence-corrected chi connectivity index (χ3v) is 4.06. The van der Waals surface area contributed by atoms with Gasteiger partial charge in [0.2, 0.25) is 6.10 Å². The van der Waals surface area contributed by atoms with Crippen molar-refractivity contribution in [3.63, 3.8) is 0 Å². The summed E-state index contributed by atoms with van der Waals surface area (Å²) in [4.78, 5) is 22.3. The van der Waals surface area contributed by atoms with Crippen molar-refractivity contribution in [2.24, 2.45) is 0 Å². The van der Waals surface area contributed by atoms with Gasteiger partial charge in [-0.1, -0.05) is 12.1 Å². The smallest absolute Gasteiger partial charge is 0.416 e. The normalized spacial score (nSPS) is 15.5. The van der Waals surface area contributed by atoms with E-state index < -0.39 is 34.4 Å². The maximum absolute atomic E-state index is 12.7. The Morgan fingerprint density at radius 1 is 1.17 bits per heavy atom. The Morgan fingerprint density at radius 3 is 2.59 bits per heavy atom. The van der Waals surface area contributed by atoms with Crippen molar-refractivity contribution in [1.29, 1.82) is 0 Å². The van der Waals surface area contributed by atoms with Gasteiger partial charge in [-0.05, 0) is 24.3 Å². The standard InChI is InChI=1S/C18H16F3N3O5/c19-18(20,21)11-5-6-12(13(9-11)24(26)27)22-7-8-23-17(25)16-10-28-14-3-1-2-4-15(14)29-16/h1-6,9,16,22H,7-8,10H2,(H,23,25)/t16-/m1/s1. The van der Waals surface area contributed by atoms with E-state index in [1.54, 1.807) is 24.3 Å². The number of amides is 1. The number of nitro groups is 1. The molecule has 0 spiro atoms. The zero-order chi connectivity index (χ0) is 21.0. The molecule has 154 valence electrons. The number of halogens is 3. The number of carbonyl (C=O) groups is 1. The molecule has 0 aromatic heterocycles. The maximum Gasteiger partial charge on any atom is 0.416 e. The molecule has 29 heavy (non-hydrogen) atoms. The molecule has 2 aromatic rings. The molecule has 3 rings (SSSR count). The molecule has 1 atom stereocenters. The summed E-state index contributed by atoms with van der Waals surface area (Å²) in [5.41, 5.74) is -1.90. The van der Waals surface area contributed by atoms with Crippen LogP contribution in [-0.2, 0) is 11.0 Å². The minimum absolute atomic E-state index is 0.0284. The lowest BCUT2D eigenvalue weighted by Crippen LogP contribution is -2.45. The lowest BCUT2D eigenvalue weighted by atomic mass is 10.1. The Balaban J connectivity index is 1.53. The third kappa shape index (κ3) is 4.86. The van der Waals surface area contributed by atoms with Crippen LogP contribution in [-0.4, -0.2) is 36.6 Å². The van der Waals surface area contributed by atoms with Crippen molar-refractivity contribution >= 4 is 17.3 Å². The van der Waals surface area contributed by atoms with Crippen molar-refractivity contribution in [2.45, 2.75) is 12.3 Å². The molecular weight excluding hydrogens is 395 g/mol. The molecule has 0 bridgehead atoms. The summed E-state index contributed by atoms with van der Waals surface area (Å²) in [5, 5.41) is 16.3. The van der Waals surface area contributed by atoms with Gasteiger partial charge < -0.3 is 20.1 Å². The van der Waals surface area contributed by atoms with Crippen LogP contribution in [0.25, 0.3) is 0 Å². The quantitative estimate of drug-likeness (QED) is 0.430. The predicted octanol–water partition coefficient (Wildman–Crippen LogP) is 2.98. The molecule has 0 fully saturated rings. The number of ether oxygens (including phenoxy) is 2. The lowest BCUT2D eigenvalue weighted by molar-refractivity contribution is -0.384. The Morgan fingerprint density at radius 2 is 1.90 bits per heavy atom. The number of nitrogens with one attached hydrogen (secondary N) is 2. The molecular formula is C18H16F3N3O5. The fourth-order valence-electron chi connectivity index (χ4n) is 2.65. The van der Waals surface area contributed by atoms with Crippen molar-refractivity contribution in [2.75, 3.05) is 25.0 Å². The van der Waals surface area contributed by atoms with Gasteiger partial charge in [0, 0.05) is 19.2 Å². The largest absolute Gasteiger partial charge is 0.485 e. The van der Waals surface area contributed by atoms with Crippen molar-refractivity contribution in [3.8, 4) is 11.5 Å². The van der Waals surface area contributed by atoms with Crippen LogP contribution >= 0.6 is 0 Å². The van der Waals surface area contributed by atoms with Gasteiger partial charge in [0.15, 0.2) is 11.5 Å². The van der Waals surface area contributed by atoms with Gasteiger partial charge in [-0.25, -0.2) is 0 Å². The SMILES string of the molecule is O=C(NCCNc1ccc(C(F)(F)F)cc1[N+](=O)[O-])[C@H]1COc2ccccc2O1. The molecule has 1 aliphatic rings. The minimum atomic E-state index is -4.68. The van der Waals surface area contributed by atoms with Crippen LogP contribution in [0.1, 0.15) is 5.56 Å². The van der Waals surface area contributed by atoms with Gasteiger partial charge in [0.1, 0.15) is 12.3 Å². The highest BCUT2D eigenvalue weighted by Crippen LogP contribution is 2.35. The van der Waals surface area contributed by atoms with Gasteiger partial charge >= 0.3 is 6.18 Å². The first-order valence-electron chi connectivity index (χ1n) is 8.51. The van der Waals surface area contributed by atoms with E-state index in [4.69, 9.17) is 9.47 Å². The van der Waals surface area contributed by atoms with Crippen LogP contribution in [0.2, 0.25) is 0 Å². The van der Waals surface area contributed by atoms with Crippen LogP contribution in [0.15, 0.2) is 42.5 Å². The molecule has 0 aliphatic carbocycles. The molecule has 1 aliphatic heterocycles. The molecule has 1 amide bonds. The summed E-state index contributed by atoms with van der Waals surface area (Å²) in [6.07, 6.45) is -5.54. The topological polar surface area (TPSA) is 103 Å². The van der Waals surface area contributed by atoms with Crippen LogP contribution in [0.3, 0.4) is 0 Å². The minimum Gasteiger partial charge on any atom is -0.485 e. The van der Waals surface area contributed by atoms with E-state index in [1.807, 2.05) is 0 Å². The molecule has 2 aromatic carbocycles. The number of nitrogens with zero attached hydrogens (tertiary/aromatic N) is 1. The van der Waals surface area contributed by atoms with E-state index in [2.05, 4.69) is 10.6 Å². The molecule has 0 unspecified atom stereocenters. The monoisotopic (exact) mass is 411 g/mol. The van der Waals surface area contributed by atoms with E-state index >= 15 is 0 Å². The molecule has 0 radical (unpaired) electrons. The number of alkyl halides is 3. The van der Waals surface area contributed by atoms with Crippen LogP contribution in [0.5, 0.6) is 11.5 Å². The lowest BCUT2D eigenvalue weighted by Gasteiger charge is -2.25. The van der Waals surface area contributed by atoms with Crippen LogP contribution in [0.4, 0.5) is 24.5 Å². The van der Waals surface area contributed by atoms with E-state index in [-0.39, 0.29) is 25.4 Å². The molecule has 2 N–H and O–H groups in total. The highest BCUT2D eigenvalue weighted by atomic mass is 19.4. The number of nitro benzene ring substituents is 1. The number of fused-ring (bicyclic) bond motifs is 1. The van der Waals surface area contributed by atoms with Gasteiger partial charge in [-0.15, -0.1) is 0 Å². The number of benzene rings is 2. The summed E-state index contributed by atoms with van der Waals surface area (Å²) in [7, 11) is 0. The van der Waals surface area contributed by atoms with Crippen LogP contribution < -0.4 is 20.1 Å². The number of hydrogen-bond acceptors (Lipinski definition) is 6. The first-order chi connectivity index (χ1) is 13.8.